The maximum Gasteiger partial charge on any atom is 0.254 e. The molecule has 0 unspecified atom stereocenters. The first-order chi connectivity index (χ1) is 11.0. The smallest absolute Gasteiger partial charge is 0.254 e. The third kappa shape index (κ3) is 3.59. The van der Waals surface area contributed by atoms with E-state index in [-0.39, 0.29) is 24.4 Å². The Morgan fingerprint density at radius 1 is 1.30 bits per heavy atom. The minimum Gasteiger partial charge on any atom is -0.360 e. The molecule has 1 heterocycles. The largest absolute Gasteiger partial charge is 0.360 e. The zero-order chi connectivity index (χ0) is 16.4. The van der Waals surface area contributed by atoms with Gasteiger partial charge in [0.1, 0.15) is 12.3 Å². The van der Waals surface area contributed by atoms with Crippen LogP contribution in [0.2, 0.25) is 0 Å². The Bertz CT molecular complexity index is 734. The number of benzene rings is 1. The molecule has 2 aromatic rings. The lowest BCUT2D eigenvalue weighted by Crippen LogP contribution is -2.39. The molecule has 0 aliphatic heterocycles. The quantitative estimate of drug-likeness (QED) is 0.920. The zero-order valence-electron chi connectivity index (χ0n) is 13.2. The third-order valence-electron chi connectivity index (χ3n) is 3.83. The van der Waals surface area contributed by atoms with Crippen LogP contribution >= 0.6 is 0 Å². The highest BCUT2D eigenvalue weighted by Crippen LogP contribution is 2.28. The van der Waals surface area contributed by atoms with Gasteiger partial charge in [-0.2, -0.15) is 0 Å². The van der Waals surface area contributed by atoms with Gasteiger partial charge in [-0.05, 0) is 38.3 Å². The van der Waals surface area contributed by atoms with Crippen molar-refractivity contribution < 1.29 is 14.1 Å². The number of hydrogen-bond acceptors (Lipinski definition) is 4. The molecule has 0 spiro atoms. The van der Waals surface area contributed by atoms with E-state index in [0.29, 0.717) is 17.1 Å². The molecule has 1 N–H and O–H groups in total. The van der Waals surface area contributed by atoms with Crippen molar-refractivity contribution in [3.8, 4) is 0 Å². The Labute approximate surface area is 134 Å². The molecule has 2 amide bonds. The molecule has 1 aromatic carbocycles. The van der Waals surface area contributed by atoms with E-state index in [1.807, 2.05) is 25.1 Å². The van der Waals surface area contributed by atoms with Crippen LogP contribution in [0.5, 0.6) is 0 Å². The predicted molar refractivity (Wildman–Crippen MR) is 85.1 cm³/mol. The highest BCUT2D eigenvalue weighted by atomic mass is 16.5. The van der Waals surface area contributed by atoms with Gasteiger partial charge in [0.15, 0.2) is 5.82 Å². The molecular formula is C17H19N3O3. The maximum absolute atomic E-state index is 12.8. The molecular weight excluding hydrogens is 294 g/mol. The van der Waals surface area contributed by atoms with Crippen molar-refractivity contribution in [3.63, 3.8) is 0 Å². The number of nitrogens with one attached hydrogen (secondary N) is 1. The van der Waals surface area contributed by atoms with E-state index in [0.717, 1.165) is 18.4 Å². The molecule has 23 heavy (non-hydrogen) atoms. The lowest BCUT2D eigenvalue weighted by atomic mass is 10.1. The van der Waals surface area contributed by atoms with Gasteiger partial charge >= 0.3 is 0 Å². The van der Waals surface area contributed by atoms with E-state index < -0.39 is 0 Å². The number of carbonyl (C=O) groups excluding carboxylic acids is 2. The summed E-state index contributed by atoms with van der Waals surface area (Å²) >= 11 is 0. The molecule has 0 bridgehead atoms. The van der Waals surface area contributed by atoms with Crippen molar-refractivity contribution in [1.29, 1.82) is 0 Å². The first-order valence-electron chi connectivity index (χ1n) is 7.64. The van der Waals surface area contributed by atoms with Crippen LogP contribution in [0.15, 0.2) is 34.9 Å². The van der Waals surface area contributed by atoms with Crippen molar-refractivity contribution in [2.24, 2.45) is 0 Å². The molecule has 0 radical (unpaired) electrons. The maximum atomic E-state index is 12.8. The summed E-state index contributed by atoms with van der Waals surface area (Å²) in [6, 6.07) is 9.22. The SMILES string of the molecule is Cc1cc(NC(=O)CN(C(=O)c2ccccc2C)C2CC2)no1. The second-order valence-electron chi connectivity index (χ2n) is 5.85. The van der Waals surface area contributed by atoms with Gasteiger partial charge in [-0.25, -0.2) is 0 Å². The zero-order valence-corrected chi connectivity index (χ0v) is 13.2. The Morgan fingerprint density at radius 2 is 2.04 bits per heavy atom. The summed E-state index contributed by atoms with van der Waals surface area (Å²) < 4.78 is 4.92. The van der Waals surface area contributed by atoms with Crippen LogP contribution in [0, 0.1) is 13.8 Å². The Kier molecular flexibility index (Phi) is 4.14. The minimum atomic E-state index is -0.271. The number of aromatic nitrogens is 1. The summed E-state index contributed by atoms with van der Waals surface area (Å²) in [5.74, 6) is 0.617. The topological polar surface area (TPSA) is 75.4 Å². The van der Waals surface area contributed by atoms with E-state index in [1.165, 1.54) is 0 Å². The van der Waals surface area contributed by atoms with Crippen LogP contribution in [0.25, 0.3) is 0 Å². The molecule has 0 saturated heterocycles. The summed E-state index contributed by atoms with van der Waals surface area (Å²) in [4.78, 5) is 26.6. The van der Waals surface area contributed by atoms with Crippen molar-refractivity contribution >= 4 is 17.6 Å². The number of nitrogens with zero attached hydrogens (tertiary/aromatic N) is 2. The van der Waals surface area contributed by atoms with Crippen LogP contribution in [0.3, 0.4) is 0 Å². The fourth-order valence-electron chi connectivity index (χ4n) is 2.48. The van der Waals surface area contributed by atoms with Crippen molar-refractivity contribution in [2.75, 3.05) is 11.9 Å². The minimum absolute atomic E-state index is 0.0176. The van der Waals surface area contributed by atoms with Gasteiger partial charge in [-0.1, -0.05) is 23.4 Å². The molecule has 6 heteroatoms. The Balaban J connectivity index is 1.71. The van der Waals surface area contributed by atoms with E-state index in [1.54, 1.807) is 24.0 Å². The molecule has 1 aromatic heterocycles. The number of rotatable bonds is 5. The number of carbonyl (C=O) groups is 2. The molecule has 1 aliphatic rings. The van der Waals surface area contributed by atoms with E-state index in [4.69, 9.17) is 4.52 Å². The van der Waals surface area contributed by atoms with E-state index >= 15 is 0 Å². The molecule has 6 nitrogen and oxygen atoms in total. The number of aryl methyl sites for hydroxylation is 2. The average molecular weight is 313 g/mol. The van der Waals surface area contributed by atoms with Crippen molar-refractivity contribution in [3.05, 3.63) is 47.2 Å². The Morgan fingerprint density at radius 3 is 2.65 bits per heavy atom. The van der Waals surface area contributed by atoms with Crippen molar-refractivity contribution in [1.82, 2.24) is 10.1 Å². The fourth-order valence-corrected chi connectivity index (χ4v) is 2.48. The average Bonchev–Trinajstić information content (AvgIpc) is 3.28. The van der Waals surface area contributed by atoms with Crippen LogP contribution in [0.1, 0.15) is 34.5 Å². The Hall–Kier alpha value is -2.63. The summed E-state index contributed by atoms with van der Waals surface area (Å²) in [6.07, 6.45) is 1.88. The first kappa shape index (κ1) is 15.3. The fraction of sp³-hybridized carbons (Fsp3) is 0.353. The lowest BCUT2D eigenvalue weighted by Gasteiger charge is -2.22. The van der Waals surface area contributed by atoms with Gasteiger partial charge in [0, 0.05) is 17.7 Å². The normalized spacial score (nSPS) is 13.7. The van der Waals surface area contributed by atoms with Gasteiger partial charge in [-0.3, -0.25) is 9.59 Å². The van der Waals surface area contributed by atoms with Crippen LogP contribution < -0.4 is 5.32 Å². The molecule has 1 aliphatic carbocycles. The molecule has 120 valence electrons. The molecule has 1 saturated carbocycles. The van der Waals surface area contributed by atoms with Crippen molar-refractivity contribution in [2.45, 2.75) is 32.7 Å². The third-order valence-corrected chi connectivity index (χ3v) is 3.83. The van der Waals surface area contributed by atoms with Crippen LogP contribution in [-0.2, 0) is 4.79 Å². The molecule has 1 fully saturated rings. The van der Waals surface area contributed by atoms with Gasteiger partial charge in [0.05, 0.1) is 0 Å². The number of hydrogen-bond donors (Lipinski definition) is 1. The number of amides is 2. The van der Waals surface area contributed by atoms with Gasteiger partial charge in [0.25, 0.3) is 5.91 Å². The van der Waals surface area contributed by atoms with Gasteiger partial charge in [-0.15, -0.1) is 0 Å². The first-order valence-corrected chi connectivity index (χ1v) is 7.64. The summed E-state index contributed by atoms with van der Waals surface area (Å²) in [7, 11) is 0. The number of anilines is 1. The summed E-state index contributed by atoms with van der Waals surface area (Å²) in [5, 5.41) is 6.39. The lowest BCUT2D eigenvalue weighted by molar-refractivity contribution is -0.117. The second kappa shape index (κ2) is 6.24. The summed E-state index contributed by atoms with van der Waals surface area (Å²) in [5.41, 5.74) is 1.56. The monoisotopic (exact) mass is 313 g/mol. The van der Waals surface area contributed by atoms with E-state index in [2.05, 4.69) is 10.5 Å². The molecule has 0 atom stereocenters. The second-order valence-corrected chi connectivity index (χ2v) is 5.85. The predicted octanol–water partition coefficient (Wildman–Crippen LogP) is 2.53. The van der Waals surface area contributed by atoms with Gasteiger partial charge in [0.2, 0.25) is 5.91 Å². The highest BCUT2D eigenvalue weighted by Gasteiger charge is 2.34. The van der Waals surface area contributed by atoms with Crippen LogP contribution in [-0.4, -0.2) is 34.5 Å². The molecule has 3 rings (SSSR count). The van der Waals surface area contributed by atoms with Gasteiger partial charge < -0.3 is 14.7 Å². The van der Waals surface area contributed by atoms with E-state index in [9.17, 15) is 9.59 Å². The standard InChI is InChI=1S/C17H19N3O3/c1-11-5-3-4-6-14(11)17(22)20(13-7-8-13)10-16(21)18-15-9-12(2)23-19-15/h3-6,9,13H,7-8,10H2,1-2H3,(H,18,19,21). The summed E-state index contributed by atoms with van der Waals surface area (Å²) in [6.45, 7) is 3.67. The van der Waals surface area contributed by atoms with Crippen LogP contribution in [0.4, 0.5) is 5.82 Å². The highest BCUT2D eigenvalue weighted by molar-refractivity contribution is 6.00.